The molecule has 0 aliphatic carbocycles. The van der Waals surface area contributed by atoms with Crippen LogP contribution < -0.4 is 15.6 Å². The average molecular weight is 474 g/mol. The van der Waals surface area contributed by atoms with Crippen molar-refractivity contribution < 1.29 is 9.53 Å². The van der Waals surface area contributed by atoms with Gasteiger partial charge in [0.25, 0.3) is 11.5 Å². The first-order valence-electron chi connectivity index (χ1n) is 11.7. The number of hydrogen-bond acceptors (Lipinski definition) is 5. The summed E-state index contributed by atoms with van der Waals surface area (Å²) in [5.41, 5.74) is 2.80. The molecular weight excluding hydrogens is 446 g/mol. The van der Waals surface area contributed by atoms with E-state index in [0.717, 1.165) is 53.9 Å². The monoisotopic (exact) mass is 473 g/mol. The quantitative estimate of drug-likeness (QED) is 0.428. The third kappa shape index (κ3) is 4.61. The molecular formula is C27H27N3O3S. The van der Waals surface area contributed by atoms with Crippen molar-refractivity contribution in [3.63, 3.8) is 0 Å². The van der Waals surface area contributed by atoms with Crippen molar-refractivity contribution in [2.24, 2.45) is 0 Å². The number of aromatic nitrogens is 2. The Bertz CT molecular complexity index is 1370. The molecule has 2 aromatic carbocycles. The Kier molecular flexibility index (Phi) is 6.45. The van der Waals surface area contributed by atoms with Crippen molar-refractivity contribution in [2.45, 2.75) is 52.3 Å². The number of hydrogen-bond donors (Lipinski definition) is 1. The number of nitrogens with one attached hydrogen (secondary N) is 1. The molecule has 2 aromatic heterocycles. The van der Waals surface area contributed by atoms with Crippen molar-refractivity contribution in [3.8, 4) is 5.75 Å². The van der Waals surface area contributed by atoms with E-state index in [2.05, 4.69) is 5.32 Å². The van der Waals surface area contributed by atoms with E-state index in [-0.39, 0.29) is 11.5 Å². The Labute approximate surface area is 202 Å². The maximum Gasteiger partial charge on any atom is 0.262 e. The summed E-state index contributed by atoms with van der Waals surface area (Å²) in [6.07, 6.45) is 3.97. The average Bonchev–Trinajstić information content (AvgIpc) is 3.03. The number of nitrogens with zero attached hydrogens (tertiary/aromatic N) is 2. The highest BCUT2D eigenvalue weighted by molar-refractivity contribution is 7.20. The number of rotatable bonds is 6. The fourth-order valence-electron chi connectivity index (χ4n) is 4.33. The number of carbonyl (C=O) groups excluding carboxylic acids is 1. The zero-order chi connectivity index (χ0) is 23.5. The molecule has 0 fully saturated rings. The first-order chi connectivity index (χ1) is 16.6. The molecule has 0 atom stereocenters. The summed E-state index contributed by atoms with van der Waals surface area (Å²) in [5.74, 6) is 1.45. The van der Waals surface area contributed by atoms with Crippen LogP contribution in [0.15, 0.2) is 59.4 Å². The van der Waals surface area contributed by atoms with Gasteiger partial charge in [0.1, 0.15) is 23.0 Å². The zero-order valence-electron chi connectivity index (χ0n) is 19.2. The number of aryl methyl sites for hydroxylation is 2. The predicted molar refractivity (Wildman–Crippen MR) is 135 cm³/mol. The molecule has 1 aliphatic heterocycles. The molecule has 4 aromatic rings. The Morgan fingerprint density at radius 3 is 2.65 bits per heavy atom. The molecule has 0 bridgehead atoms. The van der Waals surface area contributed by atoms with Gasteiger partial charge in [-0.2, -0.15) is 0 Å². The molecule has 34 heavy (non-hydrogen) atoms. The van der Waals surface area contributed by atoms with Crippen molar-refractivity contribution in [1.82, 2.24) is 14.9 Å². The van der Waals surface area contributed by atoms with E-state index in [1.807, 2.05) is 61.5 Å². The minimum absolute atomic E-state index is 0.0132. The number of amides is 1. The molecule has 1 N–H and O–H groups in total. The summed E-state index contributed by atoms with van der Waals surface area (Å²) >= 11 is 1.31. The van der Waals surface area contributed by atoms with Crippen LogP contribution in [-0.2, 0) is 26.1 Å². The summed E-state index contributed by atoms with van der Waals surface area (Å²) in [7, 11) is 0. The van der Waals surface area contributed by atoms with Crippen LogP contribution in [0.2, 0.25) is 0 Å². The lowest BCUT2D eigenvalue weighted by atomic mass is 10.2. The Morgan fingerprint density at radius 1 is 1.06 bits per heavy atom. The highest BCUT2D eigenvalue weighted by atomic mass is 32.1. The largest absolute Gasteiger partial charge is 0.489 e. The second-order valence-electron chi connectivity index (χ2n) is 8.63. The van der Waals surface area contributed by atoms with E-state index < -0.39 is 0 Å². The minimum atomic E-state index is -0.176. The zero-order valence-corrected chi connectivity index (χ0v) is 20.0. The molecule has 7 heteroatoms. The Balaban J connectivity index is 1.26. The molecule has 174 valence electrons. The number of fused-ring (bicyclic) bond motifs is 2. The van der Waals surface area contributed by atoms with E-state index in [4.69, 9.17) is 9.72 Å². The molecule has 5 rings (SSSR count). The molecule has 1 amide bonds. The van der Waals surface area contributed by atoms with Gasteiger partial charge in [-0.15, -0.1) is 11.3 Å². The third-order valence-electron chi connectivity index (χ3n) is 6.24. The predicted octanol–water partition coefficient (Wildman–Crippen LogP) is 5.00. The lowest BCUT2D eigenvalue weighted by Gasteiger charge is -2.08. The fourth-order valence-corrected chi connectivity index (χ4v) is 5.44. The maximum absolute atomic E-state index is 13.1. The summed E-state index contributed by atoms with van der Waals surface area (Å²) < 4.78 is 7.63. The number of thiophene rings is 1. The van der Waals surface area contributed by atoms with E-state index in [1.165, 1.54) is 11.3 Å². The SMILES string of the molecule is Cc1c(C(=O)NCc2ccc(OCc3ccccc3)cc2)sc2nc3n(c(=O)c12)CCCCC3. The van der Waals surface area contributed by atoms with Crippen LogP contribution in [0.5, 0.6) is 5.75 Å². The lowest BCUT2D eigenvalue weighted by molar-refractivity contribution is 0.0954. The third-order valence-corrected chi connectivity index (χ3v) is 7.43. The van der Waals surface area contributed by atoms with E-state index >= 15 is 0 Å². The molecule has 0 spiro atoms. The van der Waals surface area contributed by atoms with Gasteiger partial charge in [-0.25, -0.2) is 4.98 Å². The van der Waals surface area contributed by atoms with Crippen LogP contribution in [0.25, 0.3) is 10.2 Å². The molecule has 6 nitrogen and oxygen atoms in total. The van der Waals surface area contributed by atoms with Gasteiger partial charge in [0.15, 0.2) is 0 Å². The van der Waals surface area contributed by atoms with Crippen molar-refractivity contribution in [3.05, 3.63) is 92.3 Å². The van der Waals surface area contributed by atoms with Crippen LogP contribution in [-0.4, -0.2) is 15.5 Å². The molecule has 0 radical (unpaired) electrons. The fraction of sp³-hybridized carbons (Fsp3) is 0.296. The minimum Gasteiger partial charge on any atom is -0.489 e. The summed E-state index contributed by atoms with van der Waals surface area (Å²) in [4.78, 5) is 32.1. The van der Waals surface area contributed by atoms with Gasteiger partial charge in [-0.05, 0) is 48.6 Å². The van der Waals surface area contributed by atoms with Gasteiger partial charge in [-0.3, -0.25) is 14.2 Å². The van der Waals surface area contributed by atoms with Crippen molar-refractivity contribution >= 4 is 27.5 Å². The van der Waals surface area contributed by atoms with E-state index in [9.17, 15) is 9.59 Å². The summed E-state index contributed by atoms with van der Waals surface area (Å²) in [5, 5.41) is 3.57. The molecule has 0 saturated carbocycles. The highest BCUT2D eigenvalue weighted by Gasteiger charge is 2.22. The summed E-state index contributed by atoms with van der Waals surface area (Å²) in [6.45, 7) is 3.46. The van der Waals surface area contributed by atoms with Crippen molar-refractivity contribution in [1.29, 1.82) is 0 Å². The first-order valence-corrected chi connectivity index (χ1v) is 12.5. The smallest absolute Gasteiger partial charge is 0.262 e. The van der Waals surface area contributed by atoms with Crippen molar-refractivity contribution in [2.75, 3.05) is 0 Å². The molecule has 1 aliphatic rings. The molecule has 0 unspecified atom stereocenters. The Morgan fingerprint density at radius 2 is 1.85 bits per heavy atom. The van der Waals surface area contributed by atoms with Crippen LogP contribution in [0.1, 0.15) is 51.4 Å². The highest BCUT2D eigenvalue weighted by Crippen LogP contribution is 2.28. The number of ether oxygens (including phenoxy) is 1. The van der Waals surface area contributed by atoms with Gasteiger partial charge in [0, 0.05) is 19.5 Å². The molecule has 0 saturated heterocycles. The van der Waals surface area contributed by atoms with Gasteiger partial charge >= 0.3 is 0 Å². The van der Waals surface area contributed by atoms with E-state index in [1.54, 1.807) is 4.57 Å². The Hall–Kier alpha value is -3.45. The van der Waals surface area contributed by atoms with Crippen LogP contribution >= 0.6 is 11.3 Å². The number of benzene rings is 2. The van der Waals surface area contributed by atoms with Gasteiger partial charge in [0.05, 0.1) is 10.3 Å². The second-order valence-corrected chi connectivity index (χ2v) is 9.63. The van der Waals surface area contributed by atoms with E-state index in [0.29, 0.717) is 34.8 Å². The summed E-state index contributed by atoms with van der Waals surface area (Å²) in [6, 6.07) is 17.7. The van der Waals surface area contributed by atoms with Gasteiger partial charge in [-0.1, -0.05) is 48.9 Å². The maximum atomic E-state index is 13.1. The second kappa shape index (κ2) is 9.81. The van der Waals surface area contributed by atoms with Crippen LogP contribution in [0.4, 0.5) is 0 Å². The molecule has 3 heterocycles. The number of carbonyl (C=O) groups is 1. The normalized spacial score (nSPS) is 13.3. The van der Waals surface area contributed by atoms with Crippen LogP contribution in [0.3, 0.4) is 0 Å². The van der Waals surface area contributed by atoms with Gasteiger partial charge < -0.3 is 10.1 Å². The first kappa shape index (κ1) is 22.3. The lowest BCUT2D eigenvalue weighted by Crippen LogP contribution is -2.25. The van der Waals surface area contributed by atoms with Crippen LogP contribution in [0, 0.1) is 6.92 Å². The van der Waals surface area contributed by atoms with Gasteiger partial charge in [0.2, 0.25) is 0 Å². The standard InChI is InChI=1S/C27H27N3O3S/c1-18-23-26(29-22-10-6-3-7-15-30(22)27(23)32)34-24(18)25(31)28-16-19-11-13-21(14-12-19)33-17-20-8-4-2-5-9-20/h2,4-5,8-9,11-14H,3,6-7,10,15-17H2,1H3,(H,28,31). The topological polar surface area (TPSA) is 73.2 Å².